The van der Waals surface area contributed by atoms with Crippen molar-refractivity contribution in [2.45, 2.75) is 6.42 Å². The first-order valence-electron chi connectivity index (χ1n) is 6.67. The van der Waals surface area contributed by atoms with Gasteiger partial charge in [0.15, 0.2) is 5.82 Å². The smallest absolute Gasteiger partial charge is 0.234 e. The highest BCUT2D eigenvalue weighted by Gasteiger charge is 2.12. The van der Waals surface area contributed by atoms with Gasteiger partial charge in [-0.25, -0.2) is 0 Å². The number of ether oxygens (including phenoxy) is 1. The third-order valence-corrected chi connectivity index (χ3v) is 4.16. The highest BCUT2D eigenvalue weighted by Crippen LogP contribution is 2.27. The molecule has 0 N–H and O–H groups in total. The molecule has 0 saturated carbocycles. The molecule has 3 rings (SSSR count). The lowest BCUT2D eigenvalue weighted by atomic mass is 10.2. The molecule has 0 aliphatic heterocycles. The fourth-order valence-electron chi connectivity index (χ4n) is 2.03. The van der Waals surface area contributed by atoms with Crippen LogP contribution in [0.4, 0.5) is 5.69 Å². The molecule has 1 aromatic carbocycles. The van der Waals surface area contributed by atoms with Crippen LogP contribution in [0.1, 0.15) is 5.82 Å². The molecule has 0 saturated heterocycles. The molecule has 7 heteroatoms. The van der Waals surface area contributed by atoms with E-state index in [0.29, 0.717) is 13.0 Å². The second kappa shape index (κ2) is 5.79. The standard InChI is InChI=1S/C14H17N5OS/c1-18(2)11-6-4-10(5-7-11)13-17-19-12(8-9-20-3)15-16-14(19)21-13/h4-7H,8-9H2,1-3H3. The minimum atomic E-state index is 0.616. The van der Waals surface area contributed by atoms with Gasteiger partial charge in [0.1, 0.15) is 5.01 Å². The maximum Gasteiger partial charge on any atom is 0.234 e. The minimum absolute atomic E-state index is 0.616. The lowest BCUT2D eigenvalue weighted by molar-refractivity contribution is 0.200. The molecule has 110 valence electrons. The lowest BCUT2D eigenvalue weighted by Gasteiger charge is -2.11. The zero-order valence-electron chi connectivity index (χ0n) is 12.3. The van der Waals surface area contributed by atoms with Crippen molar-refractivity contribution in [1.82, 2.24) is 19.8 Å². The van der Waals surface area contributed by atoms with Crippen LogP contribution in [-0.2, 0) is 11.2 Å². The van der Waals surface area contributed by atoms with Crippen LogP contribution in [0.15, 0.2) is 24.3 Å². The van der Waals surface area contributed by atoms with Gasteiger partial charge in [0.2, 0.25) is 4.96 Å². The monoisotopic (exact) mass is 303 g/mol. The normalized spacial score (nSPS) is 11.2. The van der Waals surface area contributed by atoms with E-state index in [1.54, 1.807) is 23.0 Å². The molecule has 3 aromatic rings. The zero-order valence-corrected chi connectivity index (χ0v) is 13.1. The van der Waals surface area contributed by atoms with E-state index in [2.05, 4.69) is 44.5 Å². The van der Waals surface area contributed by atoms with E-state index < -0.39 is 0 Å². The Balaban J connectivity index is 1.91. The first-order valence-corrected chi connectivity index (χ1v) is 7.48. The Morgan fingerprint density at radius 1 is 1.19 bits per heavy atom. The summed E-state index contributed by atoms with van der Waals surface area (Å²) in [6.45, 7) is 0.616. The third-order valence-electron chi connectivity index (χ3n) is 3.22. The van der Waals surface area contributed by atoms with Crippen molar-refractivity contribution in [3.8, 4) is 10.6 Å². The van der Waals surface area contributed by atoms with Crippen LogP contribution in [0.3, 0.4) is 0 Å². The van der Waals surface area contributed by atoms with Gasteiger partial charge in [0.05, 0.1) is 6.61 Å². The van der Waals surface area contributed by atoms with Crippen molar-refractivity contribution in [3.05, 3.63) is 30.1 Å². The SMILES string of the molecule is COCCc1nnc2sc(-c3ccc(N(C)C)cc3)nn12. The number of hydrogen-bond donors (Lipinski definition) is 0. The lowest BCUT2D eigenvalue weighted by Crippen LogP contribution is -2.07. The van der Waals surface area contributed by atoms with Crippen molar-refractivity contribution in [2.24, 2.45) is 0 Å². The summed E-state index contributed by atoms with van der Waals surface area (Å²) in [5.74, 6) is 0.833. The molecule has 0 aliphatic rings. The Labute approximate surface area is 127 Å². The molecule has 0 bridgehead atoms. The number of benzene rings is 1. The van der Waals surface area contributed by atoms with E-state index in [-0.39, 0.29) is 0 Å². The van der Waals surface area contributed by atoms with Crippen molar-refractivity contribution < 1.29 is 4.74 Å². The molecule has 0 spiro atoms. The molecular weight excluding hydrogens is 286 g/mol. The summed E-state index contributed by atoms with van der Waals surface area (Å²) in [5, 5.41) is 13.9. The summed E-state index contributed by atoms with van der Waals surface area (Å²) in [7, 11) is 5.73. The molecule has 21 heavy (non-hydrogen) atoms. The van der Waals surface area contributed by atoms with Gasteiger partial charge in [0.25, 0.3) is 0 Å². The van der Waals surface area contributed by atoms with Crippen LogP contribution in [0.5, 0.6) is 0 Å². The van der Waals surface area contributed by atoms with Crippen molar-refractivity contribution in [3.63, 3.8) is 0 Å². The number of anilines is 1. The van der Waals surface area contributed by atoms with Gasteiger partial charge in [-0.15, -0.1) is 10.2 Å². The molecular formula is C14H17N5OS. The van der Waals surface area contributed by atoms with Crippen molar-refractivity contribution in [1.29, 1.82) is 0 Å². The number of nitrogens with zero attached hydrogens (tertiary/aromatic N) is 5. The Hall–Kier alpha value is -1.99. The average Bonchev–Trinajstić information content (AvgIpc) is 3.06. The van der Waals surface area contributed by atoms with Gasteiger partial charge >= 0.3 is 0 Å². The molecule has 0 atom stereocenters. The largest absolute Gasteiger partial charge is 0.384 e. The Kier molecular flexibility index (Phi) is 3.85. The predicted molar refractivity (Wildman–Crippen MR) is 84.0 cm³/mol. The predicted octanol–water partition coefficient (Wildman–Crippen LogP) is 2.11. The highest BCUT2D eigenvalue weighted by molar-refractivity contribution is 7.19. The zero-order chi connectivity index (χ0) is 14.8. The van der Waals surface area contributed by atoms with E-state index in [9.17, 15) is 0 Å². The maximum absolute atomic E-state index is 5.08. The summed E-state index contributed by atoms with van der Waals surface area (Å²) in [5.41, 5.74) is 2.26. The number of methoxy groups -OCH3 is 1. The number of aromatic nitrogens is 4. The molecule has 0 fully saturated rings. The number of hydrogen-bond acceptors (Lipinski definition) is 6. The van der Waals surface area contributed by atoms with E-state index in [1.807, 2.05) is 14.1 Å². The Bertz CT molecular complexity index is 731. The first-order chi connectivity index (χ1) is 10.2. The topological polar surface area (TPSA) is 55.6 Å². The van der Waals surface area contributed by atoms with Gasteiger partial charge in [-0.05, 0) is 24.3 Å². The van der Waals surface area contributed by atoms with Crippen LogP contribution < -0.4 is 4.90 Å². The summed E-state index contributed by atoms with van der Waals surface area (Å²) < 4.78 is 6.89. The highest BCUT2D eigenvalue weighted by atomic mass is 32.1. The third kappa shape index (κ3) is 2.74. The fourth-order valence-corrected chi connectivity index (χ4v) is 2.89. The van der Waals surface area contributed by atoms with Crippen LogP contribution in [-0.4, -0.2) is 47.6 Å². The van der Waals surface area contributed by atoms with Crippen molar-refractivity contribution >= 4 is 22.0 Å². The van der Waals surface area contributed by atoms with Gasteiger partial charge < -0.3 is 9.64 Å². The number of rotatable bonds is 5. The van der Waals surface area contributed by atoms with E-state index in [4.69, 9.17) is 4.74 Å². The molecule has 0 amide bonds. The molecule has 0 unspecified atom stereocenters. The van der Waals surface area contributed by atoms with Gasteiger partial charge in [-0.3, -0.25) is 0 Å². The molecule has 0 radical (unpaired) electrons. The number of fused-ring (bicyclic) bond motifs is 1. The van der Waals surface area contributed by atoms with Gasteiger partial charge in [-0.2, -0.15) is 9.61 Å². The van der Waals surface area contributed by atoms with Crippen LogP contribution >= 0.6 is 11.3 Å². The first kappa shape index (κ1) is 14.0. The fraction of sp³-hybridized carbons (Fsp3) is 0.357. The second-order valence-corrected chi connectivity index (χ2v) is 5.86. The van der Waals surface area contributed by atoms with E-state index in [1.165, 1.54) is 5.69 Å². The summed E-state index contributed by atoms with van der Waals surface area (Å²) in [6.07, 6.45) is 0.709. The molecule has 0 aliphatic carbocycles. The second-order valence-electron chi connectivity index (χ2n) is 4.90. The van der Waals surface area contributed by atoms with Crippen LogP contribution in [0.2, 0.25) is 0 Å². The van der Waals surface area contributed by atoms with Gasteiger partial charge in [-0.1, -0.05) is 11.3 Å². The maximum atomic E-state index is 5.08. The average molecular weight is 303 g/mol. The molecule has 2 aromatic heterocycles. The summed E-state index contributed by atoms with van der Waals surface area (Å²) in [6, 6.07) is 8.33. The Morgan fingerprint density at radius 2 is 1.95 bits per heavy atom. The van der Waals surface area contributed by atoms with E-state index >= 15 is 0 Å². The minimum Gasteiger partial charge on any atom is -0.384 e. The quantitative estimate of drug-likeness (QED) is 0.722. The molecule has 6 nitrogen and oxygen atoms in total. The van der Waals surface area contributed by atoms with Crippen LogP contribution in [0, 0.1) is 0 Å². The Morgan fingerprint density at radius 3 is 2.62 bits per heavy atom. The molecule has 2 heterocycles. The summed E-state index contributed by atoms with van der Waals surface area (Å²) >= 11 is 1.54. The van der Waals surface area contributed by atoms with Crippen LogP contribution in [0.25, 0.3) is 15.5 Å². The van der Waals surface area contributed by atoms with Gasteiger partial charge in [0, 0.05) is 38.9 Å². The van der Waals surface area contributed by atoms with Crippen molar-refractivity contribution in [2.75, 3.05) is 32.7 Å². The van der Waals surface area contributed by atoms with E-state index in [0.717, 1.165) is 21.4 Å². The summed E-state index contributed by atoms with van der Waals surface area (Å²) in [4.78, 5) is 2.89.